The van der Waals surface area contributed by atoms with Crippen molar-refractivity contribution in [3.8, 4) is 22.3 Å². The molecule has 0 atom stereocenters. The lowest BCUT2D eigenvalue weighted by Crippen LogP contribution is -2.09. The average Bonchev–Trinajstić information content (AvgIpc) is 2.69. The monoisotopic (exact) mass is 347 g/mol. The predicted molar refractivity (Wildman–Crippen MR) is 104 cm³/mol. The van der Waals surface area contributed by atoms with Crippen LogP contribution < -0.4 is 5.73 Å². The SMILES string of the molecule is COCCOC(=O)c1ccc(-c2ccc(-c3ccc(N)cc3)cc2)cc1. The molecule has 4 heteroatoms. The Bertz CT molecular complexity index is 853. The summed E-state index contributed by atoms with van der Waals surface area (Å²) in [4.78, 5) is 11.9. The molecule has 3 aromatic carbocycles. The van der Waals surface area contributed by atoms with Crippen molar-refractivity contribution in [1.29, 1.82) is 0 Å². The highest BCUT2D eigenvalue weighted by Crippen LogP contribution is 2.25. The Kier molecular flexibility index (Phi) is 5.66. The number of nitrogen functional groups attached to an aromatic ring is 1. The van der Waals surface area contributed by atoms with Gasteiger partial charge in [0, 0.05) is 12.8 Å². The second-order valence-corrected chi connectivity index (χ2v) is 5.91. The summed E-state index contributed by atoms with van der Waals surface area (Å²) in [7, 11) is 1.57. The van der Waals surface area contributed by atoms with Crippen LogP contribution in [0.4, 0.5) is 5.69 Å². The molecule has 0 amide bonds. The average molecular weight is 347 g/mol. The Morgan fingerprint density at radius 1 is 0.731 bits per heavy atom. The van der Waals surface area contributed by atoms with Crippen molar-refractivity contribution in [3.05, 3.63) is 78.4 Å². The molecule has 0 aliphatic rings. The summed E-state index contributed by atoms with van der Waals surface area (Å²) in [6.07, 6.45) is 0. The predicted octanol–water partition coefficient (Wildman–Crippen LogP) is 4.41. The molecule has 132 valence electrons. The van der Waals surface area contributed by atoms with E-state index in [2.05, 4.69) is 24.3 Å². The normalized spacial score (nSPS) is 10.5. The van der Waals surface area contributed by atoms with Crippen LogP contribution in [0.15, 0.2) is 72.8 Å². The van der Waals surface area contributed by atoms with E-state index < -0.39 is 0 Å². The minimum atomic E-state index is -0.340. The lowest BCUT2D eigenvalue weighted by atomic mass is 9.99. The Hall–Kier alpha value is -3.11. The number of ether oxygens (including phenoxy) is 2. The van der Waals surface area contributed by atoms with Gasteiger partial charge in [0.05, 0.1) is 12.2 Å². The molecule has 4 nitrogen and oxygen atoms in total. The van der Waals surface area contributed by atoms with Crippen LogP contribution in [0.2, 0.25) is 0 Å². The maximum atomic E-state index is 11.9. The summed E-state index contributed by atoms with van der Waals surface area (Å²) in [6.45, 7) is 0.647. The number of carbonyl (C=O) groups is 1. The van der Waals surface area contributed by atoms with E-state index in [4.69, 9.17) is 15.2 Å². The van der Waals surface area contributed by atoms with E-state index in [-0.39, 0.29) is 12.6 Å². The third-order valence-electron chi connectivity index (χ3n) is 4.10. The Morgan fingerprint density at radius 3 is 1.62 bits per heavy atom. The number of benzene rings is 3. The molecule has 0 heterocycles. The summed E-state index contributed by atoms with van der Waals surface area (Å²) in [6, 6.07) is 23.5. The topological polar surface area (TPSA) is 61.5 Å². The molecule has 3 rings (SSSR count). The minimum absolute atomic E-state index is 0.254. The van der Waals surface area contributed by atoms with Gasteiger partial charge in [-0.3, -0.25) is 0 Å². The Labute approximate surface area is 153 Å². The second kappa shape index (κ2) is 8.32. The van der Waals surface area contributed by atoms with Crippen LogP contribution in [-0.4, -0.2) is 26.3 Å². The highest BCUT2D eigenvalue weighted by Gasteiger charge is 2.07. The molecule has 0 saturated carbocycles. The molecule has 0 fully saturated rings. The largest absolute Gasteiger partial charge is 0.460 e. The molecule has 2 N–H and O–H groups in total. The lowest BCUT2D eigenvalue weighted by Gasteiger charge is -2.07. The van der Waals surface area contributed by atoms with Crippen molar-refractivity contribution < 1.29 is 14.3 Å². The van der Waals surface area contributed by atoms with Crippen molar-refractivity contribution in [2.75, 3.05) is 26.1 Å². The summed E-state index contributed by atoms with van der Waals surface area (Å²) >= 11 is 0. The van der Waals surface area contributed by atoms with E-state index in [1.54, 1.807) is 19.2 Å². The molecule has 0 aliphatic carbocycles. The highest BCUT2D eigenvalue weighted by atomic mass is 16.6. The van der Waals surface area contributed by atoms with Gasteiger partial charge < -0.3 is 15.2 Å². The molecule has 3 aromatic rings. The first-order valence-electron chi connectivity index (χ1n) is 8.40. The van der Waals surface area contributed by atoms with E-state index in [0.29, 0.717) is 12.2 Å². The van der Waals surface area contributed by atoms with Crippen LogP contribution in [0.5, 0.6) is 0 Å². The number of hydrogen-bond donors (Lipinski definition) is 1. The quantitative estimate of drug-likeness (QED) is 0.408. The van der Waals surface area contributed by atoms with Crippen molar-refractivity contribution >= 4 is 11.7 Å². The third-order valence-corrected chi connectivity index (χ3v) is 4.10. The van der Waals surface area contributed by atoms with Gasteiger partial charge in [0.25, 0.3) is 0 Å². The summed E-state index contributed by atoms with van der Waals surface area (Å²) in [5, 5.41) is 0. The zero-order valence-electron chi connectivity index (χ0n) is 14.6. The fourth-order valence-corrected chi connectivity index (χ4v) is 2.63. The van der Waals surface area contributed by atoms with E-state index in [9.17, 15) is 4.79 Å². The number of nitrogens with two attached hydrogens (primary N) is 1. The van der Waals surface area contributed by atoms with Crippen molar-refractivity contribution in [2.45, 2.75) is 0 Å². The van der Waals surface area contributed by atoms with Crippen LogP contribution in [-0.2, 0) is 9.47 Å². The number of esters is 1. The van der Waals surface area contributed by atoms with Gasteiger partial charge in [0.1, 0.15) is 6.61 Å². The molecule has 0 spiro atoms. The Morgan fingerprint density at radius 2 is 1.15 bits per heavy atom. The second-order valence-electron chi connectivity index (χ2n) is 5.91. The van der Waals surface area contributed by atoms with Gasteiger partial charge in [0.2, 0.25) is 0 Å². The van der Waals surface area contributed by atoms with E-state index in [0.717, 1.165) is 27.9 Å². The van der Waals surface area contributed by atoms with Crippen LogP contribution in [0, 0.1) is 0 Å². The smallest absolute Gasteiger partial charge is 0.338 e. The number of rotatable bonds is 6. The fraction of sp³-hybridized carbons (Fsp3) is 0.136. The maximum Gasteiger partial charge on any atom is 0.338 e. The minimum Gasteiger partial charge on any atom is -0.460 e. The van der Waals surface area contributed by atoms with Gasteiger partial charge in [-0.05, 0) is 46.5 Å². The number of methoxy groups -OCH3 is 1. The fourth-order valence-electron chi connectivity index (χ4n) is 2.63. The van der Waals surface area contributed by atoms with Gasteiger partial charge in [-0.25, -0.2) is 4.79 Å². The zero-order valence-corrected chi connectivity index (χ0v) is 14.6. The van der Waals surface area contributed by atoms with E-state index >= 15 is 0 Å². The molecule has 0 saturated heterocycles. The van der Waals surface area contributed by atoms with Crippen LogP contribution in [0.1, 0.15) is 10.4 Å². The molecule has 0 aromatic heterocycles. The van der Waals surface area contributed by atoms with Gasteiger partial charge in [0.15, 0.2) is 0 Å². The van der Waals surface area contributed by atoms with Crippen LogP contribution >= 0.6 is 0 Å². The lowest BCUT2D eigenvalue weighted by molar-refractivity contribution is 0.0388. The van der Waals surface area contributed by atoms with Crippen molar-refractivity contribution in [1.82, 2.24) is 0 Å². The molecule has 0 unspecified atom stereocenters. The molecule has 0 radical (unpaired) electrons. The van der Waals surface area contributed by atoms with Crippen LogP contribution in [0.25, 0.3) is 22.3 Å². The van der Waals surface area contributed by atoms with Crippen molar-refractivity contribution in [3.63, 3.8) is 0 Å². The number of anilines is 1. The summed E-state index contributed by atoms with van der Waals surface area (Å²) in [5.41, 5.74) is 11.4. The highest BCUT2D eigenvalue weighted by molar-refractivity contribution is 5.90. The molecule has 0 aliphatic heterocycles. The molecule has 26 heavy (non-hydrogen) atoms. The molecule has 0 bridgehead atoms. The van der Waals surface area contributed by atoms with Gasteiger partial charge in [-0.2, -0.15) is 0 Å². The maximum absolute atomic E-state index is 11.9. The first-order chi connectivity index (χ1) is 12.7. The standard InChI is InChI=1S/C22H21NO3/c1-25-14-15-26-22(24)20-8-6-18(7-9-20)16-2-4-17(5-3-16)19-10-12-21(23)13-11-19/h2-13H,14-15,23H2,1H3. The number of carbonyl (C=O) groups excluding carboxylic acids is 1. The van der Waals surface area contributed by atoms with Crippen molar-refractivity contribution in [2.24, 2.45) is 0 Å². The number of hydrogen-bond acceptors (Lipinski definition) is 4. The summed E-state index contributed by atoms with van der Waals surface area (Å²) in [5.74, 6) is -0.340. The Balaban J connectivity index is 1.71. The summed E-state index contributed by atoms with van der Waals surface area (Å²) < 4.78 is 9.98. The van der Waals surface area contributed by atoms with E-state index in [1.165, 1.54) is 0 Å². The zero-order chi connectivity index (χ0) is 18.4. The first-order valence-corrected chi connectivity index (χ1v) is 8.40. The van der Waals surface area contributed by atoms with Gasteiger partial charge in [-0.1, -0.05) is 48.5 Å². The first kappa shape index (κ1) is 17.7. The molecular weight excluding hydrogens is 326 g/mol. The molecular formula is C22H21NO3. The van der Waals surface area contributed by atoms with E-state index in [1.807, 2.05) is 36.4 Å². The van der Waals surface area contributed by atoms with Gasteiger partial charge in [-0.15, -0.1) is 0 Å². The van der Waals surface area contributed by atoms with Gasteiger partial charge >= 0.3 is 5.97 Å². The van der Waals surface area contributed by atoms with Crippen LogP contribution in [0.3, 0.4) is 0 Å². The third kappa shape index (κ3) is 4.29.